The van der Waals surface area contributed by atoms with Crippen LogP contribution < -0.4 is 10.6 Å². The standard InChI is InChI=1S/C21H26N8O3S.C2H2/c22-21-23-10-14(11-24-21)18-25-19(29-5-7-32-8-6-29)16-9-15(33-20(16)26-18)12-27-1-3-28(4-2-27)17(31)13-30;1-2/h9-11,30H,1-8,12-13H2,(H2,22,23,24);1-2H. The van der Waals surface area contributed by atoms with Crippen molar-refractivity contribution in [2.45, 2.75) is 6.54 Å². The normalized spacial score (nSPS) is 16.7. The van der Waals surface area contributed by atoms with Gasteiger partial charge in [0.25, 0.3) is 0 Å². The number of anilines is 2. The third-order valence-electron chi connectivity index (χ3n) is 5.90. The van der Waals surface area contributed by atoms with E-state index in [1.807, 2.05) is 0 Å². The second-order valence-corrected chi connectivity index (χ2v) is 9.16. The Hall–Kier alpha value is -3.37. The van der Waals surface area contributed by atoms with Crippen molar-refractivity contribution in [3.63, 3.8) is 0 Å². The molecule has 0 spiro atoms. The molecule has 3 aromatic heterocycles. The number of fused-ring (bicyclic) bond motifs is 1. The molecular weight excluding hydrogens is 468 g/mol. The first kappa shape index (κ1) is 24.7. The average molecular weight is 497 g/mol. The van der Waals surface area contributed by atoms with Crippen LogP contribution in [0, 0.1) is 12.8 Å². The maximum Gasteiger partial charge on any atom is 0.248 e. The number of terminal acetylenes is 1. The van der Waals surface area contributed by atoms with Gasteiger partial charge >= 0.3 is 0 Å². The highest BCUT2D eigenvalue weighted by Gasteiger charge is 2.23. The molecule has 3 aromatic rings. The minimum Gasteiger partial charge on any atom is -0.387 e. The van der Waals surface area contributed by atoms with Gasteiger partial charge in [0.1, 0.15) is 17.3 Å². The molecule has 2 fully saturated rings. The molecule has 2 aliphatic heterocycles. The SMILES string of the molecule is C#C.Nc1ncc(-c2nc(N3CCOCC3)c3cc(CN4CCN(C(=O)CO)CC4)sc3n2)cn1. The van der Waals surface area contributed by atoms with Crippen molar-refractivity contribution in [3.8, 4) is 24.2 Å². The van der Waals surface area contributed by atoms with Crippen LogP contribution in [0.25, 0.3) is 21.6 Å². The first-order valence-electron chi connectivity index (χ1n) is 11.3. The highest BCUT2D eigenvalue weighted by atomic mass is 32.1. The Morgan fingerprint density at radius 1 is 1.09 bits per heavy atom. The quantitative estimate of drug-likeness (QED) is 0.480. The van der Waals surface area contributed by atoms with Crippen LogP contribution in [0.2, 0.25) is 0 Å². The first-order chi connectivity index (χ1) is 17.1. The molecule has 11 nitrogen and oxygen atoms in total. The molecule has 35 heavy (non-hydrogen) atoms. The molecule has 184 valence electrons. The summed E-state index contributed by atoms with van der Waals surface area (Å²) in [5.41, 5.74) is 6.37. The zero-order valence-electron chi connectivity index (χ0n) is 19.3. The number of aliphatic hydroxyl groups is 1. The largest absolute Gasteiger partial charge is 0.387 e. The van der Waals surface area contributed by atoms with E-state index in [1.165, 1.54) is 4.88 Å². The summed E-state index contributed by atoms with van der Waals surface area (Å²) in [6.45, 7) is 6.04. The number of nitrogens with two attached hydrogens (primary N) is 1. The zero-order valence-corrected chi connectivity index (χ0v) is 20.2. The number of piperazine rings is 1. The average Bonchev–Trinajstić information content (AvgIpc) is 3.32. The molecule has 2 saturated heterocycles. The van der Waals surface area contributed by atoms with Crippen molar-refractivity contribution < 1.29 is 14.6 Å². The number of ether oxygens (including phenoxy) is 1. The summed E-state index contributed by atoms with van der Waals surface area (Å²) in [4.78, 5) is 38.0. The number of aromatic nitrogens is 4. The van der Waals surface area contributed by atoms with Gasteiger partial charge in [0, 0.05) is 63.1 Å². The Bertz CT molecular complexity index is 1170. The van der Waals surface area contributed by atoms with Gasteiger partial charge in [-0.25, -0.2) is 19.9 Å². The number of rotatable bonds is 5. The summed E-state index contributed by atoms with van der Waals surface area (Å²) >= 11 is 1.66. The van der Waals surface area contributed by atoms with E-state index in [0.717, 1.165) is 54.3 Å². The summed E-state index contributed by atoms with van der Waals surface area (Å²) in [6.07, 6.45) is 11.3. The highest BCUT2D eigenvalue weighted by molar-refractivity contribution is 7.18. The molecule has 0 saturated carbocycles. The number of amides is 1. The number of carbonyl (C=O) groups excluding carboxylic acids is 1. The highest BCUT2D eigenvalue weighted by Crippen LogP contribution is 2.34. The van der Waals surface area contributed by atoms with Crippen molar-refractivity contribution in [1.82, 2.24) is 29.7 Å². The summed E-state index contributed by atoms with van der Waals surface area (Å²) in [7, 11) is 0. The van der Waals surface area contributed by atoms with E-state index in [2.05, 4.69) is 38.7 Å². The topological polar surface area (TPSA) is 134 Å². The lowest BCUT2D eigenvalue weighted by Crippen LogP contribution is -2.49. The molecule has 0 atom stereocenters. The molecule has 0 aliphatic carbocycles. The van der Waals surface area contributed by atoms with Gasteiger partial charge in [0.2, 0.25) is 11.9 Å². The Kier molecular flexibility index (Phi) is 8.04. The van der Waals surface area contributed by atoms with Gasteiger partial charge in [-0.1, -0.05) is 0 Å². The van der Waals surface area contributed by atoms with Crippen LogP contribution in [0.15, 0.2) is 18.5 Å². The van der Waals surface area contributed by atoms with E-state index in [-0.39, 0.29) is 11.9 Å². The first-order valence-corrected chi connectivity index (χ1v) is 12.1. The van der Waals surface area contributed by atoms with Gasteiger partial charge in [0.05, 0.1) is 24.2 Å². The van der Waals surface area contributed by atoms with Crippen LogP contribution in [-0.4, -0.2) is 99.8 Å². The fourth-order valence-electron chi connectivity index (χ4n) is 4.11. The molecule has 2 aliphatic rings. The van der Waals surface area contributed by atoms with E-state index in [9.17, 15) is 4.79 Å². The second-order valence-electron chi connectivity index (χ2n) is 8.05. The van der Waals surface area contributed by atoms with Crippen molar-refractivity contribution >= 4 is 39.2 Å². The minimum atomic E-state index is -0.430. The number of thiophene rings is 1. The Balaban J connectivity index is 0.00000141. The van der Waals surface area contributed by atoms with Crippen molar-refractivity contribution in [2.75, 3.05) is 69.7 Å². The Morgan fingerprint density at radius 3 is 2.43 bits per heavy atom. The molecule has 12 heteroatoms. The summed E-state index contributed by atoms with van der Waals surface area (Å²) in [6, 6.07) is 2.18. The van der Waals surface area contributed by atoms with Crippen molar-refractivity contribution in [2.24, 2.45) is 0 Å². The van der Waals surface area contributed by atoms with Crippen LogP contribution in [0.1, 0.15) is 4.88 Å². The number of nitrogen functional groups attached to an aromatic ring is 1. The predicted molar refractivity (Wildman–Crippen MR) is 135 cm³/mol. The molecular formula is C23H28N8O3S. The molecule has 0 bridgehead atoms. The second kappa shape index (κ2) is 11.4. The molecule has 3 N–H and O–H groups in total. The fraction of sp³-hybridized carbons (Fsp3) is 0.435. The number of aliphatic hydroxyl groups excluding tert-OH is 1. The number of morpholine rings is 1. The van der Waals surface area contributed by atoms with Crippen molar-refractivity contribution in [1.29, 1.82) is 0 Å². The van der Waals surface area contributed by atoms with E-state index in [1.54, 1.807) is 28.6 Å². The number of hydrogen-bond acceptors (Lipinski definition) is 11. The molecule has 1 amide bonds. The smallest absolute Gasteiger partial charge is 0.248 e. The number of hydrogen-bond donors (Lipinski definition) is 2. The van der Waals surface area contributed by atoms with Gasteiger partial charge in [-0.3, -0.25) is 9.69 Å². The van der Waals surface area contributed by atoms with Gasteiger partial charge < -0.3 is 25.4 Å². The van der Waals surface area contributed by atoms with Crippen LogP contribution in [-0.2, 0) is 16.1 Å². The van der Waals surface area contributed by atoms with Gasteiger partial charge in [-0.15, -0.1) is 24.2 Å². The minimum absolute atomic E-state index is 0.207. The molecule has 0 unspecified atom stereocenters. The zero-order chi connectivity index (χ0) is 24.8. The molecule has 5 rings (SSSR count). The fourth-order valence-corrected chi connectivity index (χ4v) is 5.17. The third-order valence-corrected chi connectivity index (χ3v) is 6.92. The predicted octanol–water partition coefficient (Wildman–Crippen LogP) is 0.453. The van der Waals surface area contributed by atoms with E-state index < -0.39 is 6.61 Å². The molecule has 5 heterocycles. The maximum absolute atomic E-state index is 11.7. The Morgan fingerprint density at radius 2 is 1.77 bits per heavy atom. The van der Waals surface area contributed by atoms with Crippen LogP contribution in [0.5, 0.6) is 0 Å². The molecule has 0 radical (unpaired) electrons. The van der Waals surface area contributed by atoms with E-state index >= 15 is 0 Å². The number of nitrogens with zero attached hydrogens (tertiary/aromatic N) is 7. The lowest BCUT2D eigenvalue weighted by atomic mass is 10.2. The Labute approximate surface area is 207 Å². The lowest BCUT2D eigenvalue weighted by Gasteiger charge is -2.34. The van der Waals surface area contributed by atoms with Crippen LogP contribution >= 0.6 is 11.3 Å². The monoisotopic (exact) mass is 496 g/mol. The van der Waals surface area contributed by atoms with E-state index in [0.29, 0.717) is 32.1 Å². The summed E-state index contributed by atoms with van der Waals surface area (Å²) in [5.74, 6) is 1.48. The van der Waals surface area contributed by atoms with E-state index in [4.69, 9.17) is 25.5 Å². The van der Waals surface area contributed by atoms with Gasteiger partial charge in [-0.2, -0.15) is 0 Å². The third kappa shape index (κ3) is 5.66. The maximum atomic E-state index is 11.7. The summed E-state index contributed by atoms with van der Waals surface area (Å²) in [5, 5.41) is 10.1. The molecule has 0 aromatic carbocycles. The summed E-state index contributed by atoms with van der Waals surface area (Å²) < 4.78 is 5.53. The lowest BCUT2D eigenvalue weighted by molar-refractivity contribution is -0.135. The van der Waals surface area contributed by atoms with Crippen LogP contribution in [0.3, 0.4) is 0 Å². The van der Waals surface area contributed by atoms with Crippen molar-refractivity contribution in [3.05, 3.63) is 23.3 Å². The van der Waals surface area contributed by atoms with Gasteiger partial charge in [0.15, 0.2) is 5.82 Å². The number of carbonyl (C=O) groups is 1. The van der Waals surface area contributed by atoms with Crippen LogP contribution in [0.4, 0.5) is 11.8 Å². The van der Waals surface area contributed by atoms with Gasteiger partial charge in [-0.05, 0) is 6.07 Å².